The first-order valence-corrected chi connectivity index (χ1v) is 25.9. The van der Waals surface area contributed by atoms with Gasteiger partial charge >= 0.3 is 5.97 Å². The van der Waals surface area contributed by atoms with E-state index in [2.05, 4.69) is 57.5 Å². The highest BCUT2D eigenvalue weighted by Gasteiger charge is 2.38. The van der Waals surface area contributed by atoms with Crippen molar-refractivity contribution in [1.82, 2.24) is 52.5 Å². The lowest BCUT2D eigenvalue weighted by Gasteiger charge is -2.31. The van der Waals surface area contributed by atoms with Crippen LogP contribution >= 0.6 is 0 Å². The number of H-pyrrole nitrogens is 1. The standard InChI is InChI=1S/C52H77N15O13/c1-7-27(4)41(49(77)65-40(26(2)3)48(76)67-42(29(6)68)50(78)64-38(51(79)80)21-30-12-9-8-10-13-30)66-47(75)37(23-39(54)70)63-45(73)35(20-31-15-17-33(69)18-16-31)62-46(74)36(22-32-24-57-25-59-32)61-43(71)28(5)60-44(72)34(53)14-11-19-58-52(55)56/h8-10,12-13,15-18,24-29,34-38,40-42,68-69H,7,11,14,19-23,53H2,1-6H3,(H2,54,70)(H,57,59)(H,60,72)(H,61,71)(H,62,74)(H,63,73)(H,64,78)(H,65,77)(H,66,75)(H,67,76)(H,79,80)(H4,55,56,58)/t27-,28-,29+,34-,35-,36-,37-,38-,40-,41-,42-/m0/s1. The van der Waals surface area contributed by atoms with Crippen LogP contribution in [0.2, 0.25) is 0 Å². The summed E-state index contributed by atoms with van der Waals surface area (Å²) in [6.45, 7) is 9.21. The maximum absolute atomic E-state index is 14.4. The Bertz CT molecular complexity index is 2600. The van der Waals surface area contributed by atoms with Gasteiger partial charge in [0.05, 0.1) is 24.9 Å². The van der Waals surface area contributed by atoms with E-state index in [0.29, 0.717) is 23.2 Å². The second-order valence-corrected chi connectivity index (χ2v) is 19.7. The molecule has 0 aliphatic rings. The zero-order valence-electron chi connectivity index (χ0n) is 45.6. The van der Waals surface area contributed by atoms with Gasteiger partial charge in [-0.1, -0.05) is 76.6 Å². The Morgan fingerprint density at radius 1 is 0.613 bits per heavy atom. The number of guanidine groups is 1. The second-order valence-electron chi connectivity index (χ2n) is 19.7. The molecule has 0 bridgehead atoms. The Kier molecular flexibility index (Phi) is 26.5. The van der Waals surface area contributed by atoms with Crippen molar-refractivity contribution in [2.45, 2.75) is 147 Å². The molecule has 1 aromatic heterocycles. The largest absolute Gasteiger partial charge is 0.508 e. The van der Waals surface area contributed by atoms with Gasteiger partial charge in [-0.2, -0.15) is 0 Å². The topological polar surface area (TPSA) is 473 Å². The molecule has 28 heteroatoms. The summed E-state index contributed by atoms with van der Waals surface area (Å²) in [5.41, 5.74) is 23.6. The van der Waals surface area contributed by atoms with Gasteiger partial charge in [0, 0.05) is 37.7 Å². The van der Waals surface area contributed by atoms with Gasteiger partial charge in [0.2, 0.25) is 53.2 Å². The zero-order valence-corrected chi connectivity index (χ0v) is 45.6. The maximum atomic E-state index is 14.4. The third-order valence-corrected chi connectivity index (χ3v) is 12.7. The van der Waals surface area contributed by atoms with Crippen LogP contribution in [0.3, 0.4) is 0 Å². The number of carbonyl (C=O) groups excluding carboxylic acids is 9. The zero-order chi connectivity index (χ0) is 59.8. The summed E-state index contributed by atoms with van der Waals surface area (Å²) >= 11 is 0. The van der Waals surface area contributed by atoms with Crippen LogP contribution in [0, 0.1) is 11.8 Å². The third-order valence-electron chi connectivity index (χ3n) is 12.7. The number of primary amides is 1. The summed E-state index contributed by atoms with van der Waals surface area (Å²) in [6.07, 6.45) is 0.544. The molecular formula is C52H77N15O13. The Labute approximate surface area is 462 Å². The number of aromatic nitrogens is 2. The van der Waals surface area contributed by atoms with Gasteiger partial charge in [-0.3, -0.25) is 48.1 Å². The summed E-state index contributed by atoms with van der Waals surface area (Å²) in [5, 5.41) is 50.5. The van der Waals surface area contributed by atoms with Crippen LogP contribution in [0.15, 0.2) is 72.1 Å². The van der Waals surface area contributed by atoms with E-state index in [1.807, 2.05) is 0 Å². The number of aromatic amines is 1. The molecule has 28 nitrogen and oxygen atoms in total. The van der Waals surface area contributed by atoms with Crippen LogP contribution < -0.4 is 65.5 Å². The molecule has 9 amide bonds. The van der Waals surface area contributed by atoms with Gasteiger partial charge in [-0.15, -0.1) is 0 Å². The van der Waals surface area contributed by atoms with Crippen molar-refractivity contribution in [2.24, 2.45) is 39.8 Å². The molecule has 0 spiro atoms. The SMILES string of the molecule is CC[C@H](C)[C@H](NC(=O)[C@H](CC(N)=O)NC(=O)[C@H](Cc1ccc(O)cc1)NC(=O)[C@H](Cc1cnc[nH]1)NC(=O)[C@H](C)NC(=O)[C@@H](N)CCCN=C(N)N)C(=O)N[C@H](C(=O)N[C@H](C(=O)N[C@@H](Cc1ccccc1)C(=O)O)[C@@H](C)O)C(C)C. The molecule has 1 heterocycles. The first-order valence-electron chi connectivity index (χ1n) is 25.9. The van der Waals surface area contributed by atoms with Gasteiger partial charge in [-0.05, 0) is 61.8 Å². The number of phenols is 1. The summed E-state index contributed by atoms with van der Waals surface area (Å²) in [4.78, 5) is 146. The lowest BCUT2D eigenvalue weighted by Crippen LogP contribution is -2.63. The van der Waals surface area contributed by atoms with Gasteiger partial charge in [0.15, 0.2) is 5.96 Å². The second kappa shape index (κ2) is 32.3. The molecular weight excluding hydrogens is 1040 g/mol. The van der Waals surface area contributed by atoms with Crippen molar-refractivity contribution >= 4 is 65.1 Å². The first-order chi connectivity index (χ1) is 37.7. The van der Waals surface area contributed by atoms with Gasteiger partial charge in [0.25, 0.3) is 0 Å². The van der Waals surface area contributed by atoms with Gasteiger partial charge in [0.1, 0.15) is 54.1 Å². The number of benzene rings is 2. The van der Waals surface area contributed by atoms with E-state index < -0.39 is 138 Å². The smallest absolute Gasteiger partial charge is 0.326 e. The van der Waals surface area contributed by atoms with Crippen LogP contribution in [0.25, 0.3) is 0 Å². The number of phenolic OH excluding ortho intramolecular Hbond substituents is 1. The highest BCUT2D eigenvalue weighted by Crippen LogP contribution is 2.15. The fourth-order valence-corrected chi connectivity index (χ4v) is 7.88. The molecule has 0 saturated heterocycles. The minimum atomic E-state index is -1.78. The number of nitrogens with zero attached hydrogens (tertiary/aromatic N) is 2. The minimum Gasteiger partial charge on any atom is -0.508 e. The highest BCUT2D eigenvalue weighted by atomic mass is 16.4. The molecule has 20 N–H and O–H groups in total. The Morgan fingerprint density at radius 2 is 1.12 bits per heavy atom. The number of aliphatic imine (C=N–C) groups is 1. The number of aliphatic carboxylic acids is 1. The number of carbonyl (C=O) groups is 10. The number of hydrogen-bond donors (Lipinski definition) is 16. The number of imidazole rings is 1. The van der Waals surface area contributed by atoms with Crippen molar-refractivity contribution in [3.05, 3.63) is 83.9 Å². The molecule has 2 aromatic carbocycles. The number of nitrogens with two attached hydrogens (primary N) is 4. The molecule has 0 fully saturated rings. The van der Waals surface area contributed by atoms with E-state index in [0.717, 1.165) is 0 Å². The number of aliphatic hydroxyl groups excluding tert-OH is 1. The molecule has 0 unspecified atom stereocenters. The Hall–Kier alpha value is -8.66. The predicted molar refractivity (Wildman–Crippen MR) is 291 cm³/mol. The average Bonchev–Trinajstić information content (AvgIpc) is 3.92. The van der Waals surface area contributed by atoms with Crippen LogP contribution in [-0.4, -0.2) is 157 Å². The fraction of sp³-hybridized carbons (Fsp3) is 0.500. The van der Waals surface area contributed by atoms with E-state index in [-0.39, 0.29) is 50.4 Å². The molecule has 80 heavy (non-hydrogen) atoms. The fourth-order valence-electron chi connectivity index (χ4n) is 7.88. The molecule has 3 aromatic rings. The number of amides is 9. The summed E-state index contributed by atoms with van der Waals surface area (Å²) < 4.78 is 0. The van der Waals surface area contributed by atoms with Gasteiger partial charge < -0.3 is 85.8 Å². The lowest BCUT2D eigenvalue weighted by atomic mass is 9.95. The number of aliphatic hydroxyl groups is 1. The number of hydrogen-bond acceptors (Lipinski definition) is 15. The molecule has 0 saturated carbocycles. The molecule has 3 rings (SSSR count). The highest BCUT2D eigenvalue weighted by molar-refractivity contribution is 5.99. The summed E-state index contributed by atoms with van der Waals surface area (Å²) in [6, 6.07) is 0.947. The van der Waals surface area contributed by atoms with Crippen molar-refractivity contribution in [2.75, 3.05) is 6.54 Å². The maximum Gasteiger partial charge on any atom is 0.326 e. The van der Waals surface area contributed by atoms with Crippen molar-refractivity contribution in [3.63, 3.8) is 0 Å². The lowest BCUT2D eigenvalue weighted by molar-refractivity contribution is -0.143. The first kappa shape index (κ1) is 65.6. The average molecular weight is 1120 g/mol. The van der Waals surface area contributed by atoms with Crippen LogP contribution in [0.5, 0.6) is 5.75 Å². The summed E-state index contributed by atoms with van der Waals surface area (Å²) in [5.74, 6) is -11.5. The van der Waals surface area contributed by atoms with Crippen molar-refractivity contribution in [1.29, 1.82) is 0 Å². The molecule has 11 atom stereocenters. The molecule has 438 valence electrons. The van der Waals surface area contributed by atoms with E-state index >= 15 is 0 Å². The molecule has 0 radical (unpaired) electrons. The van der Waals surface area contributed by atoms with E-state index in [4.69, 9.17) is 22.9 Å². The van der Waals surface area contributed by atoms with Crippen LogP contribution in [-0.2, 0) is 67.2 Å². The van der Waals surface area contributed by atoms with Crippen molar-refractivity contribution < 1.29 is 63.3 Å². The molecule has 0 aliphatic heterocycles. The minimum absolute atomic E-state index is 0.113. The number of rotatable bonds is 33. The van der Waals surface area contributed by atoms with E-state index in [1.165, 1.54) is 50.6 Å². The number of carboxylic acids is 1. The van der Waals surface area contributed by atoms with Gasteiger partial charge in [-0.25, -0.2) is 9.78 Å². The van der Waals surface area contributed by atoms with Crippen molar-refractivity contribution in [3.8, 4) is 5.75 Å². The number of carboxylic acid groups (broad SMARTS) is 1. The number of aromatic hydroxyl groups is 1. The Balaban J connectivity index is 1.87. The normalized spacial score (nSPS) is 15.2. The monoisotopic (exact) mass is 1120 g/mol. The van der Waals surface area contributed by atoms with E-state index in [9.17, 15) is 63.3 Å². The predicted octanol–water partition coefficient (Wildman–Crippen LogP) is -3.53. The molecule has 0 aliphatic carbocycles. The van der Waals surface area contributed by atoms with Crippen LogP contribution in [0.4, 0.5) is 0 Å². The third kappa shape index (κ3) is 22.0. The quantitative estimate of drug-likeness (QED) is 0.0160. The summed E-state index contributed by atoms with van der Waals surface area (Å²) in [7, 11) is 0. The Morgan fingerprint density at radius 3 is 1.68 bits per heavy atom. The van der Waals surface area contributed by atoms with E-state index in [1.54, 1.807) is 58.0 Å². The number of nitrogens with one attached hydrogen (secondary N) is 9. The van der Waals surface area contributed by atoms with Crippen LogP contribution in [0.1, 0.15) is 84.0 Å².